The van der Waals surface area contributed by atoms with Crippen molar-refractivity contribution in [2.24, 2.45) is 7.05 Å². The van der Waals surface area contributed by atoms with Gasteiger partial charge in [-0.15, -0.1) is 0 Å². The van der Waals surface area contributed by atoms with Crippen molar-refractivity contribution in [1.82, 2.24) is 19.7 Å². The molecule has 1 unspecified atom stereocenters. The summed E-state index contributed by atoms with van der Waals surface area (Å²) in [5.41, 5.74) is 3.96. The second-order valence-corrected chi connectivity index (χ2v) is 4.51. The van der Waals surface area contributed by atoms with Crippen molar-refractivity contribution in [3.05, 3.63) is 48.5 Å². The number of aryl methyl sites for hydroxylation is 1. The number of fused-ring (bicyclic) bond motifs is 1. The van der Waals surface area contributed by atoms with Gasteiger partial charge in [-0.2, -0.15) is 5.10 Å². The molecule has 3 rings (SSSR count). The minimum atomic E-state index is 0.182. The van der Waals surface area contributed by atoms with Crippen molar-refractivity contribution in [3.8, 4) is 0 Å². The Labute approximate surface area is 111 Å². The number of anilines is 1. The van der Waals surface area contributed by atoms with Crippen LogP contribution in [0.1, 0.15) is 18.7 Å². The predicted octanol–water partition coefficient (Wildman–Crippen LogP) is 2.54. The fourth-order valence-corrected chi connectivity index (χ4v) is 2.19. The summed E-state index contributed by atoms with van der Waals surface area (Å²) in [4.78, 5) is 8.57. The van der Waals surface area contributed by atoms with Gasteiger partial charge in [0, 0.05) is 31.3 Å². The van der Waals surface area contributed by atoms with Gasteiger partial charge in [0.05, 0.1) is 22.8 Å². The van der Waals surface area contributed by atoms with Gasteiger partial charge >= 0.3 is 0 Å². The number of hydrogen-bond donors (Lipinski definition) is 1. The van der Waals surface area contributed by atoms with Crippen LogP contribution in [0, 0.1) is 0 Å². The van der Waals surface area contributed by atoms with Crippen molar-refractivity contribution >= 4 is 16.7 Å². The normalized spacial score (nSPS) is 12.5. The number of hydrogen-bond acceptors (Lipinski definition) is 4. The van der Waals surface area contributed by atoms with Crippen molar-refractivity contribution in [2.75, 3.05) is 5.32 Å². The highest BCUT2D eigenvalue weighted by Gasteiger charge is 2.09. The van der Waals surface area contributed by atoms with E-state index < -0.39 is 0 Å². The molecule has 2 heterocycles. The first kappa shape index (κ1) is 11.6. The quantitative estimate of drug-likeness (QED) is 0.779. The van der Waals surface area contributed by atoms with E-state index in [1.807, 2.05) is 36.0 Å². The second kappa shape index (κ2) is 4.68. The Kier molecular flexibility index (Phi) is 2.87. The number of rotatable bonds is 3. The van der Waals surface area contributed by atoms with E-state index >= 15 is 0 Å². The predicted molar refractivity (Wildman–Crippen MR) is 74.8 cm³/mol. The van der Waals surface area contributed by atoms with Crippen LogP contribution in [0.3, 0.4) is 0 Å². The van der Waals surface area contributed by atoms with Gasteiger partial charge in [-0.05, 0) is 31.2 Å². The van der Waals surface area contributed by atoms with Crippen LogP contribution >= 0.6 is 0 Å². The Hall–Kier alpha value is -2.43. The van der Waals surface area contributed by atoms with Gasteiger partial charge < -0.3 is 5.32 Å². The lowest BCUT2D eigenvalue weighted by Crippen LogP contribution is -2.11. The lowest BCUT2D eigenvalue weighted by Gasteiger charge is -2.15. The molecule has 0 fully saturated rings. The standard InChI is InChI=1S/C14H15N5/c1-10(14-5-6-17-19(14)2)18-11-3-4-12-13(9-11)16-8-7-15-12/h3-10,18H,1-2H3. The molecule has 2 aromatic heterocycles. The Morgan fingerprint density at radius 1 is 1.05 bits per heavy atom. The van der Waals surface area contributed by atoms with Gasteiger partial charge in [0.1, 0.15) is 0 Å². The molecule has 3 aromatic rings. The van der Waals surface area contributed by atoms with Gasteiger partial charge in [-0.1, -0.05) is 0 Å². The summed E-state index contributed by atoms with van der Waals surface area (Å²) < 4.78 is 1.87. The highest BCUT2D eigenvalue weighted by Crippen LogP contribution is 2.21. The lowest BCUT2D eigenvalue weighted by atomic mass is 10.2. The van der Waals surface area contributed by atoms with E-state index in [-0.39, 0.29) is 6.04 Å². The third-order valence-corrected chi connectivity index (χ3v) is 3.15. The molecule has 0 saturated carbocycles. The zero-order valence-electron chi connectivity index (χ0n) is 10.9. The van der Waals surface area contributed by atoms with Gasteiger partial charge in [0.25, 0.3) is 0 Å². The lowest BCUT2D eigenvalue weighted by molar-refractivity contribution is 0.676. The summed E-state index contributed by atoms with van der Waals surface area (Å²) in [5.74, 6) is 0. The monoisotopic (exact) mass is 253 g/mol. The molecule has 0 bridgehead atoms. The first-order valence-corrected chi connectivity index (χ1v) is 6.19. The number of benzene rings is 1. The van der Waals surface area contributed by atoms with Gasteiger partial charge in [-0.25, -0.2) is 0 Å². The van der Waals surface area contributed by atoms with Crippen LogP contribution in [-0.2, 0) is 7.05 Å². The minimum absolute atomic E-state index is 0.182. The van der Waals surface area contributed by atoms with Crippen molar-refractivity contribution in [2.45, 2.75) is 13.0 Å². The summed E-state index contributed by atoms with van der Waals surface area (Å²) in [6, 6.07) is 8.19. The maximum absolute atomic E-state index is 4.31. The van der Waals surface area contributed by atoms with Crippen LogP contribution in [0.15, 0.2) is 42.9 Å². The summed E-state index contributed by atoms with van der Waals surface area (Å²) in [7, 11) is 1.94. The van der Waals surface area contributed by atoms with Crippen LogP contribution < -0.4 is 5.32 Å². The van der Waals surface area contributed by atoms with E-state index in [4.69, 9.17) is 0 Å². The molecule has 0 spiro atoms. The first-order valence-electron chi connectivity index (χ1n) is 6.19. The molecular weight excluding hydrogens is 238 g/mol. The summed E-state index contributed by atoms with van der Waals surface area (Å²) in [6.45, 7) is 2.11. The molecular formula is C14H15N5. The fourth-order valence-electron chi connectivity index (χ4n) is 2.19. The zero-order chi connectivity index (χ0) is 13.2. The van der Waals surface area contributed by atoms with Crippen LogP contribution in [0.4, 0.5) is 5.69 Å². The van der Waals surface area contributed by atoms with E-state index in [0.717, 1.165) is 22.4 Å². The first-order chi connectivity index (χ1) is 9.24. The van der Waals surface area contributed by atoms with Gasteiger partial charge in [0.2, 0.25) is 0 Å². The zero-order valence-corrected chi connectivity index (χ0v) is 10.9. The molecule has 96 valence electrons. The smallest absolute Gasteiger partial charge is 0.0907 e. The molecule has 1 N–H and O–H groups in total. The van der Waals surface area contributed by atoms with Crippen LogP contribution in [0.5, 0.6) is 0 Å². The number of aromatic nitrogens is 4. The summed E-state index contributed by atoms with van der Waals surface area (Å²) in [5, 5.41) is 7.63. The summed E-state index contributed by atoms with van der Waals surface area (Å²) >= 11 is 0. The third-order valence-electron chi connectivity index (χ3n) is 3.15. The van der Waals surface area contributed by atoms with E-state index in [9.17, 15) is 0 Å². The molecule has 1 atom stereocenters. The molecule has 0 aliphatic carbocycles. The van der Waals surface area contributed by atoms with E-state index in [1.54, 1.807) is 18.6 Å². The average Bonchev–Trinajstić information content (AvgIpc) is 2.85. The molecule has 0 radical (unpaired) electrons. The van der Waals surface area contributed by atoms with E-state index in [1.165, 1.54) is 0 Å². The molecule has 0 saturated heterocycles. The van der Waals surface area contributed by atoms with Crippen molar-refractivity contribution in [3.63, 3.8) is 0 Å². The average molecular weight is 253 g/mol. The van der Waals surface area contributed by atoms with Gasteiger partial charge in [-0.3, -0.25) is 14.6 Å². The highest BCUT2D eigenvalue weighted by atomic mass is 15.3. The molecule has 5 heteroatoms. The number of nitrogens with zero attached hydrogens (tertiary/aromatic N) is 4. The molecule has 19 heavy (non-hydrogen) atoms. The summed E-state index contributed by atoms with van der Waals surface area (Å²) in [6.07, 6.45) is 5.21. The SMILES string of the molecule is CC(Nc1ccc2nccnc2c1)c1ccnn1C. The molecule has 0 amide bonds. The maximum Gasteiger partial charge on any atom is 0.0907 e. The number of nitrogens with one attached hydrogen (secondary N) is 1. The largest absolute Gasteiger partial charge is 0.377 e. The second-order valence-electron chi connectivity index (χ2n) is 4.51. The van der Waals surface area contributed by atoms with Crippen LogP contribution in [0.2, 0.25) is 0 Å². The van der Waals surface area contributed by atoms with Crippen LogP contribution in [-0.4, -0.2) is 19.7 Å². The van der Waals surface area contributed by atoms with Crippen molar-refractivity contribution in [1.29, 1.82) is 0 Å². The van der Waals surface area contributed by atoms with E-state index in [2.05, 4.69) is 27.3 Å². The minimum Gasteiger partial charge on any atom is -0.377 e. The van der Waals surface area contributed by atoms with Crippen molar-refractivity contribution < 1.29 is 0 Å². The third kappa shape index (κ3) is 2.27. The molecule has 0 aliphatic heterocycles. The van der Waals surface area contributed by atoms with Crippen LogP contribution in [0.25, 0.3) is 11.0 Å². The Bertz CT molecular complexity index is 704. The molecule has 5 nitrogen and oxygen atoms in total. The Morgan fingerprint density at radius 3 is 2.58 bits per heavy atom. The Morgan fingerprint density at radius 2 is 1.84 bits per heavy atom. The maximum atomic E-state index is 4.31. The van der Waals surface area contributed by atoms with Gasteiger partial charge in [0.15, 0.2) is 0 Å². The Balaban J connectivity index is 1.87. The van der Waals surface area contributed by atoms with E-state index in [0.29, 0.717) is 0 Å². The molecule has 1 aromatic carbocycles. The molecule has 0 aliphatic rings. The fraction of sp³-hybridized carbons (Fsp3) is 0.214. The highest BCUT2D eigenvalue weighted by molar-refractivity contribution is 5.78. The topological polar surface area (TPSA) is 55.6 Å².